The molecule has 4 nitrogen and oxygen atoms in total. The predicted molar refractivity (Wildman–Crippen MR) is 96.7 cm³/mol. The first-order chi connectivity index (χ1) is 11.9. The van der Waals surface area contributed by atoms with E-state index in [1.165, 1.54) is 16.7 Å². The van der Waals surface area contributed by atoms with Crippen LogP contribution in [0.3, 0.4) is 0 Å². The van der Waals surface area contributed by atoms with Gasteiger partial charge in [-0.2, -0.15) is 0 Å². The monoisotopic (exact) mass is 316 g/mol. The molecule has 3 N–H and O–H groups in total. The maximum Gasteiger partial charge on any atom is 0.0854 e. The fourth-order valence-corrected chi connectivity index (χ4v) is 3.12. The second kappa shape index (κ2) is 6.35. The Hall–Kier alpha value is -2.82. The minimum Gasteiger partial charge on any atom is -0.308 e. The van der Waals surface area contributed by atoms with Crippen LogP contribution in [-0.4, -0.2) is 5.12 Å². The number of nitrogens with zero attached hydrogens (tertiary/aromatic N) is 1. The Morgan fingerprint density at radius 1 is 0.958 bits per heavy atom. The van der Waals surface area contributed by atoms with E-state index in [4.69, 9.17) is 0 Å². The molecule has 1 unspecified atom stereocenters. The Morgan fingerprint density at radius 3 is 2.33 bits per heavy atom. The van der Waals surface area contributed by atoms with Crippen molar-refractivity contribution in [3.8, 4) is 0 Å². The number of allylic oxidation sites excluding steroid dienone is 2. The van der Waals surface area contributed by atoms with Crippen molar-refractivity contribution in [3.63, 3.8) is 0 Å². The van der Waals surface area contributed by atoms with E-state index in [0.717, 1.165) is 6.42 Å². The van der Waals surface area contributed by atoms with Crippen molar-refractivity contribution in [3.05, 3.63) is 102 Å². The van der Waals surface area contributed by atoms with Crippen molar-refractivity contribution in [2.45, 2.75) is 12.0 Å². The van der Waals surface area contributed by atoms with Gasteiger partial charge >= 0.3 is 0 Å². The number of hydrogen-bond acceptors (Lipinski definition) is 4. The standard InChI is InChI=1S/C20H20N4/c1-3-7-17(8-4-1)18-11-13-20(14-12-18,19-9-5-2-6-10-19)22-24-16-15-21-23-24/h1-13,15-16,21-23H,14H2. The number of nitrogens with one attached hydrogen (secondary N) is 3. The molecule has 0 aromatic heterocycles. The Morgan fingerprint density at radius 2 is 1.71 bits per heavy atom. The van der Waals surface area contributed by atoms with E-state index >= 15 is 0 Å². The highest BCUT2D eigenvalue weighted by Crippen LogP contribution is 2.34. The molecular weight excluding hydrogens is 296 g/mol. The lowest BCUT2D eigenvalue weighted by Crippen LogP contribution is -2.54. The van der Waals surface area contributed by atoms with Gasteiger partial charge in [-0.25, -0.2) is 10.5 Å². The van der Waals surface area contributed by atoms with Crippen LogP contribution in [0.2, 0.25) is 0 Å². The summed E-state index contributed by atoms with van der Waals surface area (Å²) in [4.78, 5) is 0. The van der Waals surface area contributed by atoms with Crippen molar-refractivity contribution < 1.29 is 0 Å². The Bertz CT molecular complexity index is 780. The second-order valence-electron chi connectivity index (χ2n) is 5.95. The molecule has 1 heterocycles. The molecule has 4 rings (SSSR count). The van der Waals surface area contributed by atoms with Crippen LogP contribution in [0.25, 0.3) is 5.57 Å². The van der Waals surface area contributed by atoms with Crippen molar-refractivity contribution in [1.82, 2.24) is 21.5 Å². The second-order valence-corrected chi connectivity index (χ2v) is 5.95. The van der Waals surface area contributed by atoms with Gasteiger partial charge in [0.05, 0.1) is 11.7 Å². The third kappa shape index (κ3) is 2.85. The van der Waals surface area contributed by atoms with E-state index in [-0.39, 0.29) is 5.54 Å². The van der Waals surface area contributed by atoms with Gasteiger partial charge in [-0.1, -0.05) is 78.9 Å². The maximum absolute atomic E-state index is 3.56. The van der Waals surface area contributed by atoms with Gasteiger partial charge in [-0.3, -0.25) is 0 Å². The fraction of sp³-hybridized carbons (Fsp3) is 0.100. The van der Waals surface area contributed by atoms with Gasteiger partial charge in [-0.15, -0.1) is 5.53 Å². The van der Waals surface area contributed by atoms with Crippen molar-refractivity contribution in [2.75, 3.05) is 0 Å². The van der Waals surface area contributed by atoms with Crippen LogP contribution in [0.15, 0.2) is 91.3 Å². The molecule has 0 saturated heterocycles. The molecule has 120 valence electrons. The van der Waals surface area contributed by atoms with Crippen molar-refractivity contribution >= 4 is 5.57 Å². The Balaban J connectivity index is 1.65. The zero-order valence-corrected chi connectivity index (χ0v) is 13.3. The molecule has 2 aliphatic rings. The van der Waals surface area contributed by atoms with Crippen LogP contribution in [0.4, 0.5) is 0 Å². The summed E-state index contributed by atoms with van der Waals surface area (Å²) in [6.07, 6.45) is 11.4. The van der Waals surface area contributed by atoms with Crippen LogP contribution >= 0.6 is 0 Å². The Labute approximate surface area is 142 Å². The third-order valence-corrected chi connectivity index (χ3v) is 4.40. The first kappa shape index (κ1) is 14.8. The van der Waals surface area contributed by atoms with Crippen molar-refractivity contribution in [2.24, 2.45) is 0 Å². The van der Waals surface area contributed by atoms with E-state index in [2.05, 4.69) is 83.1 Å². The molecule has 1 aliphatic carbocycles. The average molecular weight is 316 g/mol. The minimum atomic E-state index is -0.289. The van der Waals surface area contributed by atoms with Crippen LogP contribution < -0.4 is 16.4 Å². The Kier molecular flexibility index (Phi) is 3.91. The lowest BCUT2D eigenvalue weighted by atomic mass is 9.81. The number of rotatable bonds is 4. The van der Waals surface area contributed by atoms with Crippen LogP contribution in [0, 0.1) is 0 Å². The summed E-state index contributed by atoms with van der Waals surface area (Å²) in [7, 11) is 0. The van der Waals surface area contributed by atoms with Crippen molar-refractivity contribution in [1.29, 1.82) is 0 Å². The van der Waals surface area contributed by atoms with Gasteiger partial charge in [0, 0.05) is 6.20 Å². The lowest BCUT2D eigenvalue weighted by molar-refractivity contribution is 0.125. The van der Waals surface area contributed by atoms with Crippen LogP contribution in [0.1, 0.15) is 17.5 Å². The average Bonchev–Trinajstić information content (AvgIpc) is 3.17. The van der Waals surface area contributed by atoms with Gasteiger partial charge in [0.15, 0.2) is 0 Å². The van der Waals surface area contributed by atoms with E-state index in [1.807, 2.05) is 29.7 Å². The smallest absolute Gasteiger partial charge is 0.0854 e. The molecule has 2 aromatic rings. The molecule has 0 bridgehead atoms. The molecule has 0 radical (unpaired) electrons. The summed E-state index contributed by atoms with van der Waals surface area (Å²) < 4.78 is 0. The van der Waals surface area contributed by atoms with E-state index in [0.29, 0.717) is 0 Å². The molecule has 0 fully saturated rings. The van der Waals surface area contributed by atoms with Crippen LogP contribution in [-0.2, 0) is 5.54 Å². The highest BCUT2D eigenvalue weighted by atomic mass is 15.8. The topological polar surface area (TPSA) is 39.3 Å². The predicted octanol–water partition coefficient (Wildman–Crippen LogP) is 3.23. The zero-order chi connectivity index (χ0) is 16.2. The molecule has 2 aromatic carbocycles. The molecular formula is C20H20N4. The van der Waals surface area contributed by atoms with Gasteiger partial charge in [0.2, 0.25) is 0 Å². The fourth-order valence-electron chi connectivity index (χ4n) is 3.12. The van der Waals surface area contributed by atoms with E-state index in [9.17, 15) is 0 Å². The molecule has 24 heavy (non-hydrogen) atoms. The highest BCUT2D eigenvalue weighted by molar-refractivity contribution is 5.75. The number of hydrogen-bond donors (Lipinski definition) is 3. The quantitative estimate of drug-likeness (QED) is 0.810. The largest absolute Gasteiger partial charge is 0.308 e. The zero-order valence-electron chi connectivity index (χ0n) is 13.3. The number of hydrazine groups is 3. The first-order valence-electron chi connectivity index (χ1n) is 8.11. The summed E-state index contributed by atoms with van der Waals surface area (Å²) in [5, 5.41) is 1.85. The highest BCUT2D eigenvalue weighted by Gasteiger charge is 2.32. The van der Waals surface area contributed by atoms with E-state index < -0.39 is 0 Å². The minimum absolute atomic E-state index is 0.289. The summed E-state index contributed by atoms with van der Waals surface area (Å²) >= 11 is 0. The third-order valence-electron chi connectivity index (χ3n) is 4.40. The maximum atomic E-state index is 3.56. The van der Waals surface area contributed by atoms with E-state index in [1.54, 1.807) is 0 Å². The van der Waals surface area contributed by atoms with Gasteiger partial charge in [-0.05, 0) is 23.1 Å². The van der Waals surface area contributed by atoms with Crippen LogP contribution in [0.5, 0.6) is 0 Å². The lowest BCUT2D eigenvalue weighted by Gasteiger charge is -2.37. The summed E-state index contributed by atoms with van der Waals surface area (Å²) in [6.45, 7) is 0. The molecule has 0 spiro atoms. The summed E-state index contributed by atoms with van der Waals surface area (Å²) in [5.74, 6) is 0. The SMILES string of the molecule is C1=CN(NC2(c3ccccc3)C=CC(c3ccccc3)=CC2)NN1. The van der Waals surface area contributed by atoms with Gasteiger partial charge in [0.25, 0.3) is 0 Å². The van der Waals surface area contributed by atoms with Gasteiger partial charge < -0.3 is 5.43 Å². The molecule has 0 saturated carbocycles. The molecule has 1 aliphatic heterocycles. The molecule has 0 amide bonds. The summed E-state index contributed by atoms with van der Waals surface area (Å²) in [6, 6.07) is 21.0. The molecule has 4 heteroatoms. The summed E-state index contributed by atoms with van der Waals surface area (Å²) in [5.41, 5.74) is 13.0. The number of benzene rings is 2. The molecule has 1 atom stereocenters. The van der Waals surface area contributed by atoms with Gasteiger partial charge in [0.1, 0.15) is 0 Å². The normalized spacial score (nSPS) is 22.3. The first-order valence-corrected chi connectivity index (χ1v) is 8.11.